The highest BCUT2D eigenvalue weighted by Crippen LogP contribution is 2.73. The lowest BCUT2D eigenvalue weighted by Gasteiger charge is -2.63. The molecule has 1 spiro atoms. The van der Waals surface area contributed by atoms with Crippen molar-refractivity contribution in [2.45, 2.75) is 449 Å². The Labute approximate surface area is 789 Å². The SMILES string of the molecule is C1CCOC1.CC1(C)CCC2(CC1)CO2.CO.C[C@H](C(CC1(O)CCC(C)(C)CC1)S(=O)(=O)c1ccccc1)[C@H]1CC[C@H]2[C@@H]3CC[C@@H]4C[C@@](C)(O)CC[C@]4(C)[C@H]3C(O)C[C@]12C.C[C@H](CCC1(O)CCC(C)(C)CC1)[C@H]1CC[C@H]2[C@@H]3CC[C@@H]4C[C@@](C)(O)CC[C@]4(C)[C@H]3C(=O)C[C@]12C.C[C@H](CS(=O)(=O)c1ccccc1)[C@H]1CC[C@H]2[C@@H]3CC[C@@H]4C[C@@](C)(O)CC[C@]4(C)[C@H]3C(O)C[C@]12C. The van der Waals surface area contributed by atoms with Crippen molar-refractivity contribution in [1.82, 2.24) is 0 Å². The van der Waals surface area contributed by atoms with Crippen LogP contribution in [0.5, 0.6) is 0 Å². The zero-order valence-electron chi connectivity index (χ0n) is 85.0. The molecule has 2 aliphatic heterocycles. The molecule has 0 radical (unpaired) electrons. The Balaban J connectivity index is 0.000000144. The molecule has 15 nitrogen and oxygen atoms in total. The molecular formula is C113H186O15S2. The molecule has 0 aromatic heterocycles. The maximum absolute atomic E-state index is 14.5. The first-order chi connectivity index (χ1) is 60.6. The highest BCUT2D eigenvalue weighted by Gasteiger charge is 2.69. The molecule has 2 aromatic carbocycles. The third kappa shape index (κ3) is 21.0. The number of epoxide rings is 1. The van der Waals surface area contributed by atoms with Gasteiger partial charge in [0.15, 0.2) is 19.7 Å². The van der Waals surface area contributed by atoms with Crippen LogP contribution in [0.2, 0.25) is 0 Å². The maximum atomic E-state index is 14.5. The van der Waals surface area contributed by atoms with Crippen LogP contribution in [0.3, 0.4) is 0 Å². The molecule has 2 heterocycles. The van der Waals surface area contributed by atoms with Gasteiger partial charge in [-0.15, -0.1) is 0 Å². The monoisotopic (exact) mass is 1850 g/mol. The number of rotatable bonds is 14. The largest absolute Gasteiger partial charge is 0.400 e. The summed E-state index contributed by atoms with van der Waals surface area (Å²) in [5.74, 6) is 7.79. The molecule has 17 heteroatoms. The van der Waals surface area contributed by atoms with E-state index in [2.05, 4.69) is 104 Å². The van der Waals surface area contributed by atoms with Crippen molar-refractivity contribution in [3.05, 3.63) is 60.7 Å². The number of fused-ring (bicyclic) bond motifs is 15. The van der Waals surface area contributed by atoms with Crippen LogP contribution < -0.4 is 0 Å². The van der Waals surface area contributed by atoms with E-state index in [0.717, 1.165) is 207 Å². The predicted octanol–water partition coefficient (Wildman–Crippen LogP) is 23.1. The summed E-state index contributed by atoms with van der Waals surface area (Å²) in [6, 6.07) is 17.8. The first-order valence-corrected chi connectivity index (χ1v) is 56.5. The molecule has 19 rings (SSSR count). The summed E-state index contributed by atoms with van der Waals surface area (Å²) in [7, 11) is -6.01. The Morgan fingerprint density at radius 3 is 1.23 bits per heavy atom. The zero-order valence-corrected chi connectivity index (χ0v) is 86.6. The molecule has 8 N–H and O–H groups in total. The van der Waals surface area contributed by atoms with E-state index in [9.17, 15) is 57.4 Å². The fourth-order valence-electron chi connectivity index (χ4n) is 34.6. The Morgan fingerprint density at radius 1 is 0.408 bits per heavy atom. The minimum Gasteiger partial charge on any atom is -0.400 e. The fraction of sp³-hybridized carbons (Fsp3) is 0.885. The Bertz CT molecular complexity index is 4310. The van der Waals surface area contributed by atoms with Gasteiger partial charge in [0.1, 0.15) is 5.78 Å². The number of sulfone groups is 2. The van der Waals surface area contributed by atoms with E-state index in [4.69, 9.17) is 14.6 Å². The number of ether oxygens (including phenoxy) is 2. The van der Waals surface area contributed by atoms with Gasteiger partial charge in [0, 0.05) is 32.7 Å². The van der Waals surface area contributed by atoms with Crippen molar-refractivity contribution in [2.75, 3.05) is 32.7 Å². The standard InChI is InChI=1S/C38H60O5S.C32H54O3.C29H44O4S.C9H16O.C4H8O.CH4O/c1-25(32(44(42,43)27-10-8-7-9-11-27)24-38(41)20-16-34(2,3)17-21-38)29-14-15-30-28-13-12-26-22-35(4,40)18-19-36(26,5)33(28)31(39)23-37(29,30)6;1-21(11-12-32(35)17-13-28(2,3)14-18-32)24-9-10-25-23-8-7-22-19-29(4,34)15-16-30(22,5)27(23)26(33)20-31(24,25)6;1-19(18-34(32,33)21-8-6-5-7-9-21)23-12-13-24-22-11-10-20-16-27(2,31)14-15-28(20,3)26(22)25(30)17-29(23,24)4;1-8(2)3-5-9(6-4-8)7-10-9;1-2-4-5-3-1;1-2/h7-11,25-26,28-33,39-41H,12-24H2,1-6H3;21-25,27,34-35H,7-20H2,1-6H3;5-9,19-20,22-26,30-31H,10-18H2,1-4H3;3-7H2,1-2H3;1-4H2;2H,1H3/t25-,26+,28-,29+,30-,31?,32?,33+,35-,36-,37+;21-,22-,23+,24-,25+,27-,29+,30+,31-;19-,20-,22+,23-,24+,25?,26-,27+,28+,29-;;;/m011.../s1. The van der Waals surface area contributed by atoms with E-state index in [0.29, 0.717) is 122 Å². The van der Waals surface area contributed by atoms with Crippen LogP contribution in [0.1, 0.15) is 388 Å². The van der Waals surface area contributed by atoms with Gasteiger partial charge in [0.25, 0.3) is 0 Å². The van der Waals surface area contributed by atoms with Gasteiger partial charge in [-0.2, -0.15) is 0 Å². The van der Waals surface area contributed by atoms with Gasteiger partial charge in [-0.3, -0.25) is 4.79 Å². The summed E-state index contributed by atoms with van der Waals surface area (Å²) in [5.41, 5.74) is -1.37. The Hall–Kier alpha value is -2.39. The summed E-state index contributed by atoms with van der Waals surface area (Å²) in [6.45, 7) is 44.0. The molecule has 30 atom stereocenters. The number of aliphatic hydroxyl groups excluding tert-OH is 3. The third-order valence-electron chi connectivity index (χ3n) is 42.9. The first-order valence-electron chi connectivity index (χ1n) is 53.3. The first kappa shape index (κ1) is 103. The molecule has 15 aliphatic carbocycles. The quantitative estimate of drug-likeness (QED) is 0.0817. The van der Waals surface area contributed by atoms with Crippen LogP contribution in [0.25, 0.3) is 0 Å². The van der Waals surface area contributed by atoms with Crippen molar-refractivity contribution in [3.8, 4) is 0 Å². The Kier molecular flexibility index (Phi) is 30.4. The van der Waals surface area contributed by atoms with Crippen LogP contribution in [-0.4, -0.2) is 147 Å². The number of hydrogen-bond acceptors (Lipinski definition) is 15. The second-order valence-electron chi connectivity index (χ2n) is 53.3. The summed E-state index contributed by atoms with van der Waals surface area (Å²) in [6.07, 6.45) is 40.8. The highest BCUT2D eigenvalue weighted by atomic mass is 32.2. The summed E-state index contributed by atoms with van der Waals surface area (Å²) in [4.78, 5) is 14.8. The smallest absolute Gasteiger partial charge is 0.181 e. The van der Waals surface area contributed by atoms with E-state index >= 15 is 0 Å². The van der Waals surface area contributed by atoms with E-state index < -0.39 is 59.0 Å². The summed E-state index contributed by atoms with van der Waals surface area (Å²) < 4.78 is 65.7. The second-order valence-corrected chi connectivity index (χ2v) is 57.5. The number of carbonyl (C=O) groups excluding carboxylic acids is 1. The molecule has 0 amide bonds. The van der Waals surface area contributed by atoms with E-state index in [-0.39, 0.29) is 85.8 Å². The molecule has 130 heavy (non-hydrogen) atoms. The molecule has 0 bridgehead atoms. The van der Waals surface area contributed by atoms with Gasteiger partial charge < -0.3 is 50.3 Å². The maximum Gasteiger partial charge on any atom is 0.181 e. The predicted molar refractivity (Wildman–Crippen MR) is 521 cm³/mol. The number of hydrogen-bond donors (Lipinski definition) is 8. The Morgan fingerprint density at radius 2 is 0.792 bits per heavy atom. The van der Waals surface area contributed by atoms with E-state index in [1.807, 2.05) is 32.9 Å². The molecule has 3 unspecified atom stereocenters. The lowest BCUT2D eigenvalue weighted by atomic mass is 9.43. The molecule has 2 aromatic rings. The van der Waals surface area contributed by atoms with Crippen molar-refractivity contribution in [1.29, 1.82) is 0 Å². The van der Waals surface area contributed by atoms with Crippen LogP contribution in [0.4, 0.5) is 0 Å². The number of ketones is 1. The van der Waals surface area contributed by atoms with Crippen molar-refractivity contribution < 1.29 is 72.0 Å². The van der Waals surface area contributed by atoms with Crippen molar-refractivity contribution >= 4 is 25.5 Å². The van der Waals surface area contributed by atoms with Gasteiger partial charge in [0.05, 0.1) is 73.2 Å². The minimum atomic E-state index is -3.69. The van der Waals surface area contributed by atoms with Crippen LogP contribution in [0, 0.1) is 155 Å². The number of benzene rings is 2. The average Bonchev–Trinajstić information content (AvgIpc) is 1.36. The topological polar surface area (TPSA) is 269 Å². The molecule has 17 fully saturated rings. The molecule has 17 aliphatic rings. The van der Waals surface area contributed by atoms with Crippen LogP contribution in [-0.2, 0) is 33.9 Å². The van der Waals surface area contributed by atoms with Crippen molar-refractivity contribution in [2.24, 2.45) is 155 Å². The minimum absolute atomic E-state index is 0.00440. The lowest BCUT2D eigenvalue weighted by molar-refractivity contribution is -0.190. The van der Waals surface area contributed by atoms with Crippen LogP contribution in [0.15, 0.2) is 70.5 Å². The van der Waals surface area contributed by atoms with Gasteiger partial charge in [-0.1, -0.05) is 140 Å². The summed E-state index contributed by atoms with van der Waals surface area (Å²) in [5, 5.41) is 85.7. The molecule has 2 saturated heterocycles. The second kappa shape index (κ2) is 38.2. The van der Waals surface area contributed by atoms with Crippen LogP contribution >= 0.6 is 0 Å². The summed E-state index contributed by atoms with van der Waals surface area (Å²) >= 11 is 0. The lowest BCUT2D eigenvalue weighted by Crippen LogP contribution is -2.60. The number of Topliss-reactive ketones (excluding diaryl/α,β-unsaturated/α-hetero) is 1. The van der Waals surface area contributed by atoms with E-state index in [1.165, 1.54) is 64.2 Å². The third-order valence-corrected chi connectivity index (χ3v) is 47.2. The van der Waals surface area contributed by atoms with Gasteiger partial charge in [-0.05, 0) is 451 Å². The molecule has 740 valence electrons. The van der Waals surface area contributed by atoms with Gasteiger partial charge in [-0.25, -0.2) is 16.8 Å². The van der Waals surface area contributed by atoms with Gasteiger partial charge in [0.2, 0.25) is 0 Å². The highest BCUT2D eigenvalue weighted by molar-refractivity contribution is 7.92. The number of carbonyl (C=O) groups is 1. The fourth-order valence-corrected chi connectivity index (χ4v) is 38.5. The van der Waals surface area contributed by atoms with E-state index in [1.54, 1.807) is 48.5 Å². The molecular weight excluding hydrogens is 1660 g/mol. The zero-order chi connectivity index (χ0) is 94.7. The average molecular weight is 1850 g/mol. The molecule has 15 saturated carbocycles. The van der Waals surface area contributed by atoms with Crippen molar-refractivity contribution in [3.63, 3.8) is 0 Å². The normalized spacial score (nSPS) is 44.4. The number of aliphatic hydroxyl groups is 8. The van der Waals surface area contributed by atoms with Gasteiger partial charge >= 0.3 is 0 Å².